The van der Waals surface area contributed by atoms with Crippen LogP contribution in [-0.2, 0) is 14.4 Å². The Hall–Kier alpha value is -1.59. The fourth-order valence-electron chi connectivity index (χ4n) is 2.98. The van der Waals surface area contributed by atoms with Crippen molar-refractivity contribution in [3.05, 3.63) is 0 Å². The number of carboxylic acid groups (broad SMARTS) is 1. The summed E-state index contributed by atoms with van der Waals surface area (Å²) in [6, 6.07) is 0. The number of carboxylic acids is 1. The van der Waals surface area contributed by atoms with Gasteiger partial charge in [0.2, 0.25) is 11.8 Å². The van der Waals surface area contributed by atoms with Crippen LogP contribution in [-0.4, -0.2) is 47.4 Å². The summed E-state index contributed by atoms with van der Waals surface area (Å²) in [6.45, 7) is 3.92. The Morgan fingerprint density at radius 3 is 2.67 bits per heavy atom. The van der Waals surface area contributed by atoms with Gasteiger partial charge in [0.05, 0.1) is 11.8 Å². The van der Waals surface area contributed by atoms with Gasteiger partial charge in [-0.2, -0.15) is 0 Å². The van der Waals surface area contributed by atoms with Crippen LogP contribution in [0.1, 0.15) is 39.0 Å². The Balaban J connectivity index is 1.77. The molecule has 0 bridgehead atoms. The predicted molar refractivity (Wildman–Crippen MR) is 76.5 cm³/mol. The van der Waals surface area contributed by atoms with E-state index < -0.39 is 11.9 Å². The molecule has 21 heavy (non-hydrogen) atoms. The molecule has 2 fully saturated rings. The van der Waals surface area contributed by atoms with Crippen LogP contribution in [0.25, 0.3) is 0 Å². The fraction of sp³-hybridized carbons (Fsp3) is 0.800. The lowest BCUT2D eigenvalue weighted by Gasteiger charge is -2.33. The van der Waals surface area contributed by atoms with Crippen molar-refractivity contribution in [1.82, 2.24) is 10.2 Å². The van der Waals surface area contributed by atoms with E-state index in [1.54, 1.807) is 4.90 Å². The van der Waals surface area contributed by atoms with Crippen LogP contribution < -0.4 is 5.32 Å². The van der Waals surface area contributed by atoms with Crippen LogP contribution in [0.2, 0.25) is 0 Å². The quantitative estimate of drug-likeness (QED) is 0.761. The van der Waals surface area contributed by atoms with Crippen LogP contribution in [0.15, 0.2) is 0 Å². The monoisotopic (exact) mass is 296 g/mol. The second-order valence-electron chi connectivity index (χ2n) is 6.13. The standard InChI is InChI=1S/C15H24N2O4/c1-2-4-13(18)16-8-10-5-3-6-17(9-10)14(19)11-7-12(11)15(20)21/h10-12H,2-9H2,1H3,(H,16,18)(H,20,21). The van der Waals surface area contributed by atoms with Gasteiger partial charge >= 0.3 is 5.97 Å². The van der Waals surface area contributed by atoms with Crippen LogP contribution in [0.3, 0.4) is 0 Å². The number of nitrogens with zero attached hydrogens (tertiary/aromatic N) is 1. The molecule has 1 aliphatic heterocycles. The number of hydrogen-bond acceptors (Lipinski definition) is 3. The average Bonchev–Trinajstić information content (AvgIpc) is 3.25. The van der Waals surface area contributed by atoms with E-state index in [1.807, 2.05) is 6.92 Å². The number of carbonyl (C=O) groups is 3. The van der Waals surface area contributed by atoms with E-state index in [0.717, 1.165) is 19.3 Å². The van der Waals surface area contributed by atoms with Gasteiger partial charge in [0.1, 0.15) is 0 Å². The number of carbonyl (C=O) groups excluding carboxylic acids is 2. The lowest BCUT2D eigenvalue weighted by atomic mass is 9.97. The molecule has 2 aliphatic rings. The van der Waals surface area contributed by atoms with Crippen molar-refractivity contribution in [3.63, 3.8) is 0 Å². The molecule has 3 unspecified atom stereocenters. The Kier molecular flexibility index (Phi) is 5.20. The zero-order valence-corrected chi connectivity index (χ0v) is 12.5. The molecule has 3 atom stereocenters. The number of nitrogens with one attached hydrogen (secondary N) is 1. The maximum Gasteiger partial charge on any atom is 0.307 e. The summed E-state index contributed by atoms with van der Waals surface area (Å²) >= 11 is 0. The van der Waals surface area contributed by atoms with Crippen molar-refractivity contribution in [1.29, 1.82) is 0 Å². The van der Waals surface area contributed by atoms with Crippen LogP contribution in [0.4, 0.5) is 0 Å². The Morgan fingerprint density at radius 2 is 2.05 bits per heavy atom. The van der Waals surface area contributed by atoms with Crippen LogP contribution >= 0.6 is 0 Å². The molecule has 0 radical (unpaired) electrons. The highest BCUT2D eigenvalue weighted by Crippen LogP contribution is 2.40. The third-order valence-corrected chi connectivity index (χ3v) is 4.32. The molecule has 6 nitrogen and oxygen atoms in total. The summed E-state index contributed by atoms with van der Waals surface area (Å²) < 4.78 is 0. The Morgan fingerprint density at radius 1 is 1.29 bits per heavy atom. The Bertz CT molecular complexity index is 424. The second-order valence-corrected chi connectivity index (χ2v) is 6.13. The SMILES string of the molecule is CCCC(=O)NCC1CCCN(C(=O)C2CC2C(=O)O)C1. The number of piperidine rings is 1. The van der Waals surface area contributed by atoms with Gasteiger partial charge in [0.15, 0.2) is 0 Å². The fourth-order valence-corrected chi connectivity index (χ4v) is 2.98. The molecule has 2 N–H and O–H groups in total. The smallest absolute Gasteiger partial charge is 0.307 e. The molecule has 1 heterocycles. The molecule has 0 aromatic rings. The van der Waals surface area contributed by atoms with E-state index in [-0.39, 0.29) is 23.7 Å². The third-order valence-electron chi connectivity index (χ3n) is 4.32. The van der Waals surface area contributed by atoms with Gasteiger partial charge in [0.25, 0.3) is 0 Å². The minimum Gasteiger partial charge on any atom is -0.481 e. The summed E-state index contributed by atoms with van der Waals surface area (Å²) in [5, 5.41) is 11.8. The van der Waals surface area contributed by atoms with Crippen molar-refractivity contribution < 1.29 is 19.5 Å². The van der Waals surface area contributed by atoms with E-state index in [0.29, 0.717) is 32.5 Å². The van der Waals surface area contributed by atoms with Crippen LogP contribution in [0, 0.1) is 17.8 Å². The normalized spacial score (nSPS) is 28.0. The van der Waals surface area contributed by atoms with Gasteiger partial charge in [-0.05, 0) is 31.6 Å². The van der Waals surface area contributed by atoms with Gasteiger partial charge in [-0.1, -0.05) is 6.92 Å². The van der Waals surface area contributed by atoms with Crippen LogP contribution in [0.5, 0.6) is 0 Å². The first kappa shape index (κ1) is 15.8. The zero-order valence-electron chi connectivity index (χ0n) is 12.5. The summed E-state index contributed by atoms with van der Waals surface area (Å²) in [5.41, 5.74) is 0. The Labute approximate surface area is 124 Å². The van der Waals surface area contributed by atoms with E-state index >= 15 is 0 Å². The van der Waals surface area contributed by atoms with Gasteiger partial charge < -0.3 is 15.3 Å². The summed E-state index contributed by atoms with van der Waals surface area (Å²) in [7, 11) is 0. The molecule has 2 rings (SSSR count). The zero-order chi connectivity index (χ0) is 15.4. The summed E-state index contributed by atoms with van der Waals surface area (Å²) in [6.07, 6.45) is 3.77. The molecular weight excluding hydrogens is 272 g/mol. The van der Waals surface area contributed by atoms with Crippen molar-refractivity contribution in [2.24, 2.45) is 17.8 Å². The molecule has 1 aliphatic carbocycles. The summed E-state index contributed by atoms with van der Waals surface area (Å²) in [5.74, 6) is -1.35. The third kappa shape index (κ3) is 4.19. The highest BCUT2D eigenvalue weighted by atomic mass is 16.4. The largest absolute Gasteiger partial charge is 0.481 e. The molecule has 0 spiro atoms. The average molecular weight is 296 g/mol. The topological polar surface area (TPSA) is 86.7 Å². The van der Waals surface area contributed by atoms with Crippen molar-refractivity contribution >= 4 is 17.8 Å². The first-order valence-electron chi connectivity index (χ1n) is 7.81. The molecule has 118 valence electrons. The number of aliphatic carboxylic acids is 1. The van der Waals surface area contributed by atoms with Gasteiger partial charge in [-0.15, -0.1) is 0 Å². The predicted octanol–water partition coefficient (Wildman–Crippen LogP) is 0.862. The number of likely N-dealkylation sites (tertiary alicyclic amines) is 1. The number of rotatable bonds is 6. The van der Waals surface area contributed by atoms with E-state index in [2.05, 4.69) is 5.32 Å². The second kappa shape index (κ2) is 6.91. The van der Waals surface area contributed by atoms with Gasteiger partial charge in [-0.3, -0.25) is 14.4 Å². The first-order valence-corrected chi connectivity index (χ1v) is 7.81. The minimum atomic E-state index is -0.867. The highest BCUT2D eigenvalue weighted by molar-refractivity contribution is 5.89. The van der Waals surface area contributed by atoms with E-state index in [1.165, 1.54) is 0 Å². The molecule has 6 heteroatoms. The maximum absolute atomic E-state index is 12.2. The maximum atomic E-state index is 12.2. The highest BCUT2D eigenvalue weighted by Gasteiger charge is 2.50. The minimum absolute atomic E-state index is 0.0213. The lowest BCUT2D eigenvalue weighted by Crippen LogP contribution is -2.44. The van der Waals surface area contributed by atoms with E-state index in [9.17, 15) is 14.4 Å². The van der Waals surface area contributed by atoms with E-state index in [4.69, 9.17) is 5.11 Å². The molecule has 1 saturated carbocycles. The molecular formula is C15H24N2O4. The van der Waals surface area contributed by atoms with Gasteiger partial charge in [-0.25, -0.2) is 0 Å². The molecule has 0 aromatic carbocycles. The number of hydrogen-bond donors (Lipinski definition) is 2. The summed E-state index contributed by atoms with van der Waals surface area (Å²) in [4.78, 5) is 36.3. The molecule has 1 saturated heterocycles. The molecule has 0 aromatic heterocycles. The van der Waals surface area contributed by atoms with Crippen molar-refractivity contribution in [2.75, 3.05) is 19.6 Å². The van der Waals surface area contributed by atoms with Gasteiger partial charge in [0, 0.05) is 26.1 Å². The number of amides is 2. The first-order chi connectivity index (χ1) is 10.0. The van der Waals surface area contributed by atoms with Crippen molar-refractivity contribution in [2.45, 2.75) is 39.0 Å². The molecule has 2 amide bonds. The lowest BCUT2D eigenvalue weighted by molar-refractivity contribution is -0.142. The van der Waals surface area contributed by atoms with Crippen molar-refractivity contribution in [3.8, 4) is 0 Å².